The Bertz CT molecular complexity index is 557. The van der Waals surface area contributed by atoms with E-state index in [4.69, 9.17) is 4.74 Å². The van der Waals surface area contributed by atoms with Crippen molar-refractivity contribution in [3.8, 4) is 0 Å². The fraction of sp³-hybridized carbons (Fsp3) is 0.733. The molecule has 3 rings (SSSR count). The fourth-order valence-corrected chi connectivity index (χ4v) is 3.77. The molecule has 2 saturated heterocycles. The van der Waals surface area contributed by atoms with Crippen LogP contribution in [0.5, 0.6) is 0 Å². The third kappa shape index (κ3) is 3.17. The molecular weight excluding hydrogens is 316 g/mol. The Balaban J connectivity index is 1.62. The van der Waals surface area contributed by atoms with Gasteiger partial charge in [-0.25, -0.2) is 4.79 Å². The zero-order valence-corrected chi connectivity index (χ0v) is 14.3. The van der Waals surface area contributed by atoms with Gasteiger partial charge in [0.05, 0.1) is 6.04 Å². The van der Waals surface area contributed by atoms with Crippen LogP contribution in [0, 0.1) is 5.92 Å². The first-order chi connectivity index (χ1) is 11.1. The second-order valence-electron chi connectivity index (χ2n) is 6.25. The number of piperidine rings is 1. The van der Waals surface area contributed by atoms with Gasteiger partial charge in [0.15, 0.2) is 5.69 Å². The summed E-state index contributed by atoms with van der Waals surface area (Å²) in [5, 5.41) is 5.51. The van der Waals surface area contributed by atoms with E-state index in [9.17, 15) is 9.59 Å². The number of amides is 2. The van der Waals surface area contributed by atoms with Gasteiger partial charge in [-0.1, -0.05) is 24.8 Å². The van der Waals surface area contributed by atoms with Crippen LogP contribution < -0.4 is 0 Å². The van der Waals surface area contributed by atoms with Gasteiger partial charge in [-0.15, -0.1) is 5.10 Å². The molecule has 0 aromatic carbocycles. The predicted molar refractivity (Wildman–Crippen MR) is 85.3 cm³/mol. The summed E-state index contributed by atoms with van der Waals surface area (Å²) in [7, 11) is 0. The monoisotopic (exact) mass is 338 g/mol. The summed E-state index contributed by atoms with van der Waals surface area (Å²) in [6.45, 7) is 6.05. The molecule has 7 nitrogen and oxygen atoms in total. The Morgan fingerprint density at radius 1 is 1.48 bits per heavy atom. The molecule has 3 heterocycles. The van der Waals surface area contributed by atoms with E-state index in [0.29, 0.717) is 31.3 Å². The van der Waals surface area contributed by atoms with Crippen LogP contribution in [0.1, 0.15) is 43.6 Å². The highest BCUT2D eigenvalue weighted by Gasteiger charge is 2.41. The van der Waals surface area contributed by atoms with Crippen LogP contribution in [0.2, 0.25) is 0 Å². The highest BCUT2D eigenvalue weighted by atomic mass is 32.1. The van der Waals surface area contributed by atoms with Crippen LogP contribution in [-0.4, -0.2) is 63.2 Å². The molecule has 0 N–H and O–H groups in total. The summed E-state index contributed by atoms with van der Waals surface area (Å²) in [6, 6.07) is 0.309. The molecule has 0 bridgehead atoms. The van der Waals surface area contributed by atoms with Crippen LogP contribution in [0.15, 0.2) is 5.38 Å². The molecule has 2 aliphatic rings. The van der Waals surface area contributed by atoms with Crippen LogP contribution >= 0.6 is 11.5 Å². The fourth-order valence-electron chi connectivity index (χ4n) is 3.34. The number of nitrogens with zero attached hydrogens (tertiary/aromatic N) is 4. The highest BCUT2D eigenvalue weighted by molar-refractivity contribution is 7.03. The Morgan fingerprint density at radius 3 is 2.83 bits per heavy atom. The van der Waals surface area contributed by atoms with Crippen molar-refractivity contribution in [2.24, 2.45) is 5.92 Å². The van der Waals surface area contributed by atoms with Crippen molar-refractivity contribution in [3.63, 3.8) is 0 Å². The molecule has 1 aromatic heterocycles. The first kappa shape index (κ1) is 16.2. The molecule has 0 saturated carbocycles. The Hall–Kier alpha value is -1.70. The number of hydrogen-bond donors (Lipinski definition) is 0. The molecule has 0 unspecified atom stereocenters. The van der Waals surface area contributed by atoms with Gasteiger partial charge in [0.25, 0.3) is 5.91 Å². The van der Waals surface area contributed by atoms with E-state index in [1.807, 2.05) is 4.90 Å². The van der Waals surface area contributed by atoms with Crippen LogP contribution in [0.25, 0.3) is 0 Å². The summed E-state index contributed by atoms with van der Waals surface area (Å²) >= 11 is 1.18. The van der Waals surface area contributed by atoms with Crippen molar-refractivity contribution >= 4 is 23.5 Å². The first-order valence-corrected chi connectivity index (χ1v) is 8.97. The maximum absolute atomic E-state index is 12.3. The Labute approximate surface area is 139 Å². The minimum Gasteiger partial charge on any atom is -0.447 e. The van der Waals surface area contributed by atoms with Crippen molar-refractivity contribution in [2.75, 3.05) is 19.7 Å². The zero-order valence-electron chi connectivity index (χ0n) is 13.5. The first-order valence-electron chi connectivity index (χ1n) is 8.13. The van der Waals surface area contributed by atoms with E-state index in [1.54, 1.807) is 10.3 Å². The minimum atomic E-state index is -0.205. The molecule has 2 aliphatic heterocycles. The molecule has 0 spiro atoms. The smallest absolute Gasteiger partial charge is 0.410 e. The lowest BCUT2D eigenvalue weighted by atomic mass is 9.95. The Morgan fingerprint density at radius 2 is 2.22 bits per heavy atom. The average Bonchev–Trinajstić information content (AvgIpc) is 3.23. The lowest BCUT2D eigenvalue weighted by molar-refractivity contribution is 0.0609. The van der Waals surface area contributed by atoms with Crippen molar-refractivity contribution in [1.29, 1.82) is 0 Å². The second-order valence-corrected chi connectivity index (χ2v) is 6.86. The number of hydrogen-bond acceptors (Lipinski definition) is 6. The third-order valence-electron chi connectivity index (χ3n) is 4.97. The van der Waals surface area contributed by atoms with Gasteiger partial charge in [-0.05, 0) is 30.3 Å². The molecule has 126 valence electrons. The number of carbonyl (C=O) groups is 2. The molecule has 2 amide bonds. The number of cyclic esters (lactones) is 1. The maximum Gasteiger partial charge on any atom is 0.410 e. The summed E-state index contributed by atoms with van der Waals surface area (Å²) in [5.41, 5.74) is 0.409. The quantitative estimate of drug-likeness (QED) is 0.839. The van der Waals surface area contributed by atoms with Crippen molar-refractivity contribution in [3.05, 3.63) is 11.1 Å². The van der Waals surface area contributed by atoms with E-state index >= 15 is 0 Å². The van der Waals surface area contributed by atoms with E-state index in [-0.39, 0.29) is 24.1 Å². The molecule has 1 aromatic rings. The van der Waals surface area contributed by atoms with Gasteiger partial charge < -0.3 is 9.64 Å². The minimum absolute atomic E-state index is 0.0697. The molecule has 23 heavy (non-hydrogen) atoms. The average molecular weight is 338 g/mol. The van der Waals surface area contributed by atoms with E-state index in [2.05, 4.69) is 23.4 Å². The number of ether oxygens (including phenoxy) is 1. The van der Waals surface area contributed by atoms with Crippen LogP contribution in [-0.2, 0) is 4.74 Å². The molecular formula is C15H22N4O3S. The zero-order chi connectivity index (χ0) is 16.4. The number of rotatable bonds is 4. The summed E-state index contributed by atoms with van der Waals surface area (Å²) < 4.78 is 9.02. The molecule has 0 aliphatic carbocycles. The van der Waals surface area contributed by atoms with Crippen molar-refractivity contribution in [1.82, 2.24) is 19.4 Å². The molecule has 8 heteroatoms. The summed E-state index contributed by atoms with van der Waals surface area (Å²) in [5.74, 6) is 0.349. The van der Waals surface area contributed by atoms with E-state index < -0.39 is 0 Å². The number of carbonyl (C=O) groups excluding carboxylic acids is 2. The normalized spacial score (nSPS) is 23.9. The van der Waals surface area contributed by atoms with E-state index in [0.717, 1.165) is 19.3 Å². The van der Waals surface area contributed by atoms with Gasteiger partial charge >= 0.3 is 6.09 Å². The summed E-state index contributed by atoms with van der Waals surface area (Å²) in [6.07, 6.45) is 2.38. The van der Waals surface area contributed by atoms with Gasteiger partial charge in [-0.3, -0.25) is 9.69 Å². The van der Waals surface area contributed by atoms with Crippen molar-refractivity contribution in [2.45, 2.75) is 45.2 Å². The maximum atomic E-state index is 12.3. The topological polar surface area (TPSA) is 75.6 Å². The number of aromatic nitrogens is 2. The predicted octanol–water partition coefficient (Wildman–Crippen LogP) is 2.01. The van der Waals surface area contributed by atoms with E-state index in [1.165, 1.54) is 11.5 Å². The molecule has 0 radical (unpaired) electrons. The van der Waals surface area contributed by atoms with Gasteiger partial charge in [0.2, 0.25) is 0 Å². The number of likely N-dealkylation sites (tertiary alicyclic amines) is 1. The largest absolute Gasteiger partial charge is 0.447 e. The van der Waals surface area contributed by atoms with Crippen LogP contribution in [0.4, 0.5) is 4.79 Å². The summed E-state index contributed by atoms with van der Waals surface area (Å²) in [4.78, 5) is 28.1. The lowest BCUT2D eigenvalue weighted by Crippen LogP contribution is -2.51. The molecule has 2 atom stereocenters. The van der Waals surface area contributed by atoms with Crippen molar-refractivity contribution < 1.29 is 14.3 Å². The highest BCUT2D eigenvalue weighted by Crippen LogP contribution is 2.29. The van der Waals surface area contributed by atoms with Gasteiger partial charge in [-0.2, -0.15) is 0 Å². The molecule has 2 fully saturated rings. The van der Waals surface area contributed by atoms with Crippen LogP contribution in [0.3, 0.4) is 0 Å². The lowest BCUT2D eigenvalue weighted by Gasteiger charge is -2.38. The third-order valence-corrected chi connectivity index (χ3v) is 5.48. The van der Waals surface area contributed by atoms with Gasteiger partial charge in [0.1, 0.15) is 6.61 Å². The standard InChI is InChI=1S/C15H22N4O3S/c1-3-10(2)13-8-22-15(21)19(13)11-4-6-18(7-5-11)14(20)12-9-23-17-16-12/h9-11,13H,3-8H2,1-2H3/t10-,13-/m0/s1. The van der Waals surface area contributed by atoms with Gasteiger partial charge in [0, 0.05) is 24.5 Å². The Kier molecular flexibility index (Phi) is 4.79. The SMILES string of the molecule is CC[C@H](C)[C@@H]1COC(=O)N1C1CCN(C(=O)c2csnn2)CC1. The second kappa shape index (κ2) is 6.82.